The highest BCUT2D eigenvalue weighted by Gasteiger charge is 2.29. The van der Waals surface area contributed by atoms with Crippen LogP contribution in [-0.2, 0) is 0 Å². The highest BCUT2D eigenvalue weighted by Crippen LogP contribution is 2.31. The summed E-state index contributed by atoms with van der Waals surface area (Å²) >= 11 is 0. The van der Waals surface area contributed by atoms with Crippen LogP contribution in [0.1, 0.15) is 30.3 Å². The third kappa shape index (κ3) is 3.89. The van der Waals surface area contributed by atoms with Gasteiger partial charge < -0.3 is 14.4 Å². The number of halogens is 1. The first-order valence-electron chi connectivity index (χ1n) is 7.86. The number of hydrogen-bond acceptors (Lipinski definition) is 5. The smallest absolute Gasteiger partial charge is 0.165 e. The Balaban J connectivity index is 1.54. The lowest BCUT2D eigenvalue weighted by atomic mass is 10.1. The van der Waals surface area contributed by atoms with Gasteiger partial charge in [0.2, 0.25) is 0 Å². The van der Waals surface area contributed by atoms with Gasteiger partial charge in [-0.1, -0.05) is 17.3 Å². The van der Waals surface area contributed by atoms with Crippen molar-refractivity contribution in [1.82, 2.24) is 10.1 Å². The Labute approximate surface area is 134 Å². The topological polar surface area (TPSA) is 58.7 Å². The summed E-state index contributed by atoms with van der Waals surface area (Å²) in [6.07, 6.45) is 1.35. The minimum atomic E-state index is -0.691. The van der Waals surface area contributed by atoms with Gasteiger partial charge >= 0.3 is 0 Å². The third-order valence-corrected chi connectivity index (χ3v) is 4.06. The number of β-amino-alcohol motifs (C(OH)–C–C–N with tert-alkyl or cyclic N) is 1. The number of aliphatic hydroxyl groups excluding tert-OH is 1. The largest absolute Gasteiger partial charge is 0.488 e. The molecule has 0 aliphatic carbocycles. The van der Waals surface area contributed by atoms with E-state index in [9.17, 15) is 9.50 Å². The molecule has 1 aromatic carbocycles. The average molecular weight is 320 g/mol. The molecular weight excluding hydrogens is 299 g/mol. The molecule has 1 aliphatic rings. The fraction of sp³-hybridized carbons (Fsp3) is 0.471. The van der Waals surface area contributed by atoms with E-state index < -0.39 is 11.9 Å². The number of hydrogen-bond donors (Lipinski definition) is 1. The standard InChI is InChI=1S/C17H21FN2O3/c1-12-9-15(19-23-12)16-6-4-8-20(16)10-13(21)11-22-17-7-3-2-5-14(17)18/h2-3,5,7,9,13,16,21H,4,6,8,10-11H2,1H3. The second kappa shape index (κ2) is 7.10. The molecule has 1 saturated heterocycles. The van der Waals surface area contributed by atoms with Gasteiger partial charge in [0.1, 0.15) is 24.2 Å². The van der Waals surface area contributed by atoms with Crippen LogP contribution in [0.5, 0.6) is 5.75 Å². The molecule has 3 rings (SSSR count). The van der Waals surface area contributed by atoms with Crippen LogP contribution in [0.3, 0.4) is 0 Å². The van der Waals surface area contributed by atoms with Gasteiger partial charge in [-0.05, 0) is 38.4 Å². The first-order chi connectivity index (χ1) is 11.1. The average Bonchev–Trinajstić information content (AvgIpc) is 3.15. The summed E-state index contributed by atoms with van der Waals surface area (Å²) in [7, 11) is 0. The summed E-state index contributed by atoms with van der Waals surface area (Å²) in [4.78, 5) is 2.17. The molecule has 0 spiro atoms. The maximum Gasteiger partial charge on any atom is 0.165 e. The van der Waals surface area contributed by atoms with Crippen molar-refractivity contribution in [3.63, 3.8) is 0 Å². The molecule has 0 amide bonds. The van der Waals surface area contributed by atoms with Crippen LogP contribution < -0.4 is 4.74 Å². The van der Waals surface area contributed by atoms with Crippen molar-refractivity contribution >= 4 is 0 Å². The summed E-state index contributed by atoms with van der Waals surface area (Å²) in [5.74, 6) is 0.531. The first kappa shape index (κ1) is 16.0. The van der Waals surface area contributed by atoms with Crippen molar-refractivity contribution < 1.29 is 18.8 Å². The first-order valence-corrected chi connectivity index (χ1v) is 7.86. The lowest BCUT2D eigenvalue weighted by Crippen LogP contribution is -2.35. The zero-order valence-corrected chi connectivity index (χ0v) is 13.1. The van der Waals surface area contributed by atoms with E-state index in [2.05, 4.69) is 10.1 Å². The van der Waals surface area contributed by atoms with E-state index in [1.165, 1.54) is 6.07 Å². The number of aliphatic hydroxyl groups is 1. The molecule has 1 N–H and O–H groups in total. The monoisotopic (exact) mass is 320 g/mol. The normalized spacial score (nSPS) is 19.9. The lowest BCUT2D eigenvalue weighted by molar-refractivity contribution is 0.0615. The summed E-state index contributed by atoms with van der Waals surface area (Å²) in [6.45, 7) is 3.28. The number of nitrogens with zero attached hydrogens (tertiary/aromatic N) is 2. The third-order valence-electron chi connectivity index (χ3n) is 4.06. The molecule has 0 saturated carbocycles. The fourth-order valence-corrected chi connectivity index (χ4v) is 2.99. The van der Waals surface area contributed by atoms with Gasteiger partial charge in [-0.15, -0.1) is 0 Å². The van der Waals surface area contributed by atoms with E-state index >= 15 is 0 Å². The SMILES string of the molecule is Cc1cc(C2CCCN2CC(O)COc2ccccc2F)no1. The molecule has 6 heteroatoms. The molecule has 23 heavy (non-hydrogen) atoms. The van der Waals surface area contributed by atoms with Crippen LogP contribution in [-0.4, -0.2) is 41.0 Å². The predicted molar refractivity (Wildman–Crippen MR) is 82.7 cm³/mol. The van der Waals surface area contributed by atoms with Gasteiger partial charge in [0, 0.05) is 12.6 Å². The van der Waals surface area contributed by atoms with E-state index in [0.717, 1.165) is 30.8 Å². The molecule has 0 bridgehead atoms. The van der Waals surface area contributed by atoms with Gasteiger partial charge in [0.25, 0.3) is 0 Å². The van der Waals surface area contributed by atoms with Crippen LogP contribution >= 0.6 is 0 Å². The quantitative estimate of drug-likeness (QED) is 0.887. The summed E-state index contributed by atoms with van der Waals surface area (Å²) in [6, 6.07) is 8.30. The highest BCUT2D eigenvalue weighted by atomic mass is 19.1. The molecule has 5 nitrogen and oxygen atoms in total. The van der Waals surface area contributed by atoms with Gasteiger partial charge in [-0.25, -0.2) is 4.39 Å². The summed E-state index contributed by atoms with van der Waals surface area (Å²) < 4.78 is 24.0. The van der Waals surface area contributed by atoms with Gasteiger partial charge in [0.15, 0.2) is 11.6 Å². The Bertz CT molecular complexity index is 646. The second-order valence-corrected chi connectivity index (χ2v) is 5.91. The number of para-hydroxylation sites is 1. The highest BCUT2D eigenvalue weighted by molar-refractivity contribution is 5.23. The zero-order chi connectivity index (χ0) is 16.2. The fourth-order valence-electron chi connectivity index (χ4n) is 2.99. The molecule has 1 aromatic heterocycles. The van der Waals surface area contributed by atoms with Gasteiger partial charge in [-0.3, -0.25) is 4.90 Å². The van der Waals surface area contributed by atoms with Crippen LogP contribution in [0.25, 0.3) is 0 Å². The Morgan fingerprint density at radius 1 is 1.48 bits per heavy atom. The van der Waals surface area contributed by atoms with Crippen molar-refractivity contribution in [2.45, 2.75) is 31.9 Å². The minimum Gasteiger partial charge on any atom is -0.488 e. The Hall–Kier alpha value is -1.92. The van der Waals surface area contributed by atoms with Crippen LogP contribution in [0.4, 0.5) is 4.39 Å². The van der Waals surface area contributed by atoms with E-state index in [0.29, 0.717) is 6.54 Å². The van der Waals surface area contributed by atoms with Gasteiger partial charge in [0.05, 0.1) is 6.04 Å². The van der Waals surface area contributed by atoms with Crippen molar-refractivity contribution in [2.24, 2.45) is 0 Å². The van der Waals surface area contributed by atoms with Crippen LogP contribution in [0.15, 0.2) is 34.9 Å². The summed E-state index contributed by atoms with van der Waals surface area (Å²) in [5.41, 5.74) is 0.905. The number of likely N-dealkylation sites (tertiary alicyclic amines) is 1. The van der Waals surface area contributed by atoms with E-state index in [4.69, 9.17) is 9.26 Å². The van der Waals surface area contributed by atoms with Gasteiger partial charge in [-0.2, -0.15) is 0 Å². The lowest BCUT2D eigenvalue weighted by Gasteiger charge is -2.25. The van der Waals surface area contributed by atoms with Crippen molar-refractivity contribution in [3.8, 4) is 5.75 Å². The van der Waals surface area contributed by atoms with Crippen molar-refractivity contribution in [1.29, 1.82) is 0 Å². The predicted octanol–water partition coefficient (Wildman–Crippen LogP) is 2.70. The zero-order valence-electron chi connectivity index (χ0n) is 13.1. The molecule has 124 valence electrons. The van der Waals surface area contributed by atoms with E-state index in [1.807, 2.05) is 13.0 Å². The molecule has 2 atom stereocenters. The number of aryl methyl sites for hydroxylation is 1. The number of ether oxygens (including phenoxy) is 1. The number of rotatable bonds is 6. The Morgan fingerprint density at radius 3 is 3.04 bits per heavy atom. The molecule has 1 fully saturated rings. The second-order valence-electron chi connectivity index (χ2n) is 5.91. The number of aromatic nitrogens is 1. The number of benzene rings is 1. The molecular formula is C17H21FN2O3. The van der Waals surface area contributed by atoms with Crippen LogP contribution in [0.2, 0.25) is 0 Å². The Kier molecular flexibility index (Phi) is 4.93. The minimum absolute atomic E-state index is 0.0575. The summed E-state index contributed by atoms with van der Waals surface area (Å²) in [5, 5.41) is 14.3. The molecule has 0 radical (unpaired) electrons. The van der Waals surface area contributed by atoms with Crippen LogP contribution in [0, 0.1) is 12.7 Å². The Morgan fingerprint density at radius 2 is 2.30 bits per heavy atom. The molecule has 2 unspecified atom stereocenters. The maximum atomic E-state index is 13.5. The molecule has 2 aromatic rings. The molecule has 2 heterocycles. The molecule has 1 aliphatic heterocycles. The van der Waals surface area contributed by atoms with E-state index in [1.54, 1.807) is 18.2 Å². The maximum absolute atomic E-state index is 13.5. The van der Waals surface area contributed by atoms with E-state index in [-0.39, 0.29) is 18.4 Å². The van der Waals surface area contributed by atoms with Crippen molar-refractivity contribution in [2.75, 3.05) is 19.7 Å². The van der Waals surface area contributed by atoms with Crippen molar-refractivity contribution in [3.05, 3.63) is 47.6 Å².